The van der Waals surface area contributed by atoms with Crippen molar-refractivity contribution in [2.24, 2.45) is 7.05 Å². The van der Waals surface area contributed by atoms with E-state index >= 15 is 0 Å². The van der Waals surface area contributed by atoms with Crippen molar-refractivity contribution in [1.29, 1.82) is 0 Å². The highest BCUT2D eigenvalue weighted by Crippen LogP contribution is 2.05. The van der Waals surface area contributed by atoms with E-state index in [0.29, 0.717) is 5.69 Å². The number of nitrogens with one attached hydrogen (secondary N) is 1. The summed E-state index contributed by atoms with van der Waals surface area (Å²) in [4.78, 5) is 22.5. The second kappa shape index (κ2) is 5.34. The molecular weight excluding hydrogens is 250 g/mol. The van der Waals surface area contributed by atoms with Gasteiger partial charge in [-0.05, 0) is 6.07 Å². The summed E-state index contributed by atoms with van der Waals surface area (Å²) in [7, 11) is 1.75. The van der Waals surface area contributed by atoms with E-state index in [1.54, 1.807) is 17.9 Å². The number of carbonyl (C=O) groups excluding carboxylic acids is 1. The number of hydrogen-bond acceptors (Lipinski definition) is 4. The summed E-state index contributed by atoms with van der Waals surface area (Å²) >= 11 is 0. The molecule has 2 rings (SSSR count). The van der Waals surface area contributed by atoms with Gasteiger partial charge in [0.05, 0.1) is 18.4 Å². The third-order valence-corrected chi connectivity index (χ3v) is 2.47. The van der Waals surface area contributed by atoms with Gasteiger partial charge in [-0.2, -0.15) is 10.2 Å². The number of nitrogens with zero attached hydrogens (tertiary/aromatic N) is 4. The summed E-state index contributed by atoms with van der Waals surface area (Å²) in [5.74, 6) is -1.29. The van der Waals surface area contributed by atoms with Gasteiger partial charge in [0.15, 0.2) is 0 Å². The zero-order valence-electron chi connectivity index (χ0n) is 10.3. The van der Waals surface area contributed by atoms with Crippen molar-refractivity contribution in [3.8, 4) is 0 Å². The van der Waals surface area contributed by atoms with Crippen molar-refractivity contribution in [3.05, 3.63) is 30.4 Å². The highest BCUT2D eigenvalue weighted by Gasteiger charge is 2.11. The van der Waals surface area contributed by atoms with Crippen molar-refractivity contribution in [1.82, 2.24) is 19.6 Å². The number of carbonyl (C=O) groups is 2. The zero-order valence-corrected chi connectivity index (χ0v) is 10.3. The SMILES string of the molecule is Cn1cc(NC(=O)CCn2nccc2C(=O)O)cn1. The third kappa shape index (κ3) is 3.18. The molecule has 2 aromatic rings. The van der Waals surface area contributed by atoms with Gasteiger partial charge < -0.3 is 10.4 Å². The van der Waals surface area contributed by atoms with E-state index in [9.17, 15) is 9.59 Å². The Morgan fingerprint density at radius 1 is 1.42 bits per heavy atom. The first-order valence-electron chi connectivity index (χ1n) is 5.60. The minimum atomic E-state index is -1.06. The number of aromatic carboxylic acids is 1. The molecule has 0 spiro atoms. The fraction of sp³-hybridized carbons (Fsp3) is 0.273. The van der Waals surface area contributed by atoms with Gasteiger partial charge in [-0.1, -0.05) is 0 Å². The van der Waals surface area contributed by atoms with Crippen molar-refractivity contribution in [2.45, 2.75) is 13.0 Å². The Balaban J connectivity index is 1.90. The molecule has 0 atom stereocenters. The van der Waals surface area contributed by atoms with Crippen LogP contribution in [0.15, 0.2) is 24.7 Å². The topological polar surface area (TPSA) is 102 Å². The van der Waals surface area contributed by atoms with Crippen LogP contribution in [0.25, 0.3) is 0 Å². The summed E-state index contributed by atoms with van der Waals surface area (Å²) in [6.45, 7) is 0.209. The van der Waals surface area contributed by atoms with Crippen molar-refractivity contribution >= 4 is 17.6 Å². The lowest BCUT2D eigenvalue weighted by Crippen LogP contribution is -2.17. The van der Waals surface area contributed by atoms with Crippen molar-refractivity contribution in [2.75, 3.05) is 5.32 Å². The van der Waals surface area contributed by atoms with Crippen LogP contribution in [-0.4, -0.2) is 36.5 Å². The lowest BCUT2D eigenvalue weighted by Gasteiger charge is -2.04. The fourth-order valence-electron chi connectivity index (χ4n) is 1.61. The Kier molecular flexibility index (Phi) is 3.60. The Morgan fingerprint density at radius 2 is 2.21 bits per heavy atom. The quantitative estimate of drug-likeness (QED) is 0.810. The van der Waals surface area contributed by atoms with Crippen LogP contribution in [-0.2, 0) is 18.4 Å². The molecule has 0 aliphatic rings. The second-order valence-corrected chi connectivity index (χ2v) is 3.95. The Hall–Kier alpha value is -2.64. The molecule has 0 unspecified atom stereocenters. The van der Waals surface area contributed by atoms with E-state index in [1.807, 2.05) is 0 Å². The normalized spacial score (nSPS) is 10.4. The van der Waals surface area contributed by atoms with Crippen LogP contribution >= 0.6 is 0 Å². The van der Waals surface area contributed by atoms with Gasteiger partial charge in [0.1, 0.15) is 5.69 Å². The van der Waals surface area contributed by atoms with Gasteiger partial charge in [0.25, 0.3) is 0 Å². The van der Waals surface area contributed by atoms with Gasteiger partial charge in [0, 0.05) is 25.9 Å². The van der Waals surface area contributed by atoms with E-state index in [1.165, 1.54) is 23.1 Å². The summed E-state index contributed by atoms with van der Waals surface area (Å²) in [5, 5.41) is 19.3. The number of rotatable bonds is 5. The predicted molar refractivity (Wildman–Crippen MR) is 65.6 cm³/mol. The van der Waals surface area contributed by atoms with E-state index < -0.39 is 5.97 Å². The first kappa shape index (κ1) is 12.8. The molecule has 0 radical (unpaired) electrons. The maximum absolute atomic E-state index is 11.7. The maximum atomic E-state index is 11.7. The van der Waals surface area contributed by atoms with Gasteiger partial charge in [-0.15, -0.1) is 0 Å². The van der Waals surface area contributed by atoms with Gasteiger partial charge in [-0.3, -0.25) is 14.2 Å². The predicted octanol–water partition coefficient (Wildman–Crippen LogP) is 0.344. The van der Waals surface area contributed by atoms with Crippen LogP contribution < -0.4 is 5.32 Å². The molecule has 0 aliphatic heterocycles. The highest BCUT2D eigenvalue weighted by atomic mass is 16.4. The Bertz CT molecular complexity index is 601. The average molecular weight is 263 g/mol. The second-order valence-electron chi connectivity index (χ2n) is 3.95. The standard InChI is InChI=1S/C11H13N5O3/c1-15-7-8(6-13-15)14-10(17)3-5-16-9(11(18)19)2-4-12-16/h2,4,6-7H,3,5H2,1H3,(H,14,17)(H,18,19). The highest BCUT2D eigenvalue weighted by molar-refractivity contribution is 5.90. The molecule has 0 bridgehead atoms. The molecular formula is C11H13N5O3. The zero-order chi connectivity index (χ0) is 13.8. The largest absolute Gasteiger partial charge is 0.477 e. The van der Waals surface area contributed by atoms with E-state index in [0.717, 1.165) is 0 Å². The van der Waals surface area contributed by atoms with Crippen molar-refractivity contribution < 1.29 is 14.7 Å². The average Bonchev–Trinajstić information content (AvgIpc) is 2.95. The summed E-state index contributed by atoms with van der Waals surface area (Å²) < 4.78 is 2.86. The van der Waals surface area contributed by atoms with Crippen LogP contribution in [0.5, 0.6) is 0 Å². The van der Waals surface area contributed by atoms with E-state index in [2.05, 4.69) is 15.5 Å². The smallest absolute Gasteiger partial charge is 0.354 e. The lowest BCUT2D eigenvalue weighted by atomic mass is 10.3. The number of amides is 1. The van der Waals surface area contributed by atoms with Crippen LogP contribution in [0, 0.1) is 0 Å². The number of carboxylic acids is 1. The molecule has 0 saturated carbocycles. The maximum Gasteiger partial charge on any atom is 0.354 e. The molecule has 2 aromatic heterocycles. The first-order valence-corrected chi connectivity index (χ1v) is 5.60. The van der Waals surface area contributed by atoms with Crippen LogP contribution in [0.3, 0.4) is 0 Å². The molecule has 0 saturated heterocycles. The van der Waals surface area contributed by atoms with E-state index in [4.69, 9.17) is 5.11 Å². The first-order chi connectivity index (χ1) is 9.06. The summed E-state index contributed by atoms with van der Waals surface area (Å²) in [6, 6.07) is 1.39. The number of hydrogen-bond donors (Lipinski definition) is 2. The number of anilines is 1. The number of aromatic nitrogens is 4. The molecule has 1 amide bonds. The molecule has 19 heavy (non-hydrogen) atoms. The molecule has 2 heterocycles. The van der Waals surface area contributed by atoms with Gasteiger partial charge in [0.2, 0.25) is 5.91 Å². The number of carboxylic acid groups (broad SMARTS) is 1. The molecule has 0 aromatic carbocycles. The molecule has 100 valence electrons. The van der Waals surface area contributed by atoms with Crippen molar-refractivity contribution in [3.63, 3.8) is 0 Å². The minimum Gasteiger partial charge on any atom is -0.477 e. The van der Waals surface area contributed by atoms with Gasteiger partial charge in [-0.25, -0.2) is 4.79 Å². The fourth-order valence-corrected chi connectivity index (χ4v) is 1.61. The Labute approximate surface area is 108 Å². The molecule has 2 N–H and O–H groups in total. The molecule has 8 nitrogen and oxygen atoms in total. The summed E-state index contributed by atoms with van der Waals surface area (Å²) in [6.07, 6.45) is 4.74. The Morgan fingerprint density at radius 3 is 2.84 bits per heavy atom. The summed E-state index contributed by atoms with van der Waals surface area (Å²) in [5.41, 5.74) is 0.667. The minimum absolute atomic E-state index is 0.0641. The van der Waals surface area contributed by atoms with Crippen LogP contribution in [0.1, 0.15) is 16.9 Å². The monoisotopic (exact) mass is 263 g/mol. The van der Waals surface area contributed by atoms with Crippen LogP contribution in [0.2, 0.25) is 0 Å². The molecule has 0 aliphatic carbocycles. The van der Waals surface area contributed by atoms with E-state index in [-0.39, 0.29) is 24.6 Å². The van der Waals surface area contributed by atoms with Crippen LogP contribution in [0.4, 0.5) is 5.69 Å². The molecule has 0 fully saturated rings. The number of aryl methyl sites for hydroxylation is 2. The molecule has 8 heteroatoms. The van der Waals surface area contributed by atoms with Gasteiger partial charge >= 0.3 is 5.97 Å². The lowest BCUT2D eigenvalue weighted by molar-refractivity contribution is -0.116. The third-order valence-electron chi connectivity index (χ3n) is 2.47.